The Morgan fingerprint density at radius 2 is 2.00 bits per heavy atom. The molecule has 16 heavy (non-hydrogen) atoms. The second-order valence-electron chi connectivity index (χ2n) is 4.23. The molecule has 4 nitrogen and oxygen atoms in total. The lowest BCUT2D eigenvalue weighted by molar-refractivity contribution is -0.121. The number of hydrogen-bond donors (Lipinski definition) is 2. The SMILES string of the molecule is CCCCNC(=O)CN(C)CCCCCO. The number of hydrogen-bond acceptors (Lipinski definition) is 3. The van der Waals surface area contributed by atoms with Crippen molar-refractivity contribution in [1.82, 2.24) is 10.2 Å². The maximum atomic E-state index is 11.4. The molecule has 0 fully saturated rings. The number of carbonyl (C=O) groups excluding carboxylic acids is 1. The number of rotatable bonds is 10. The summed E-state index contributed by atoms with van der Waals surface area (Å²) in [6.45, 7) is 4.55. The second kappa shape index (κ2) is 10.9. The quantitative estimate of drug-likeness (QED) is 0.550. The van der Waals surface area contributed by atoms with Crippen LogP contribution >= 0.6 is 0 Å². The van der Waals surface area contributed by atoms with Crippen molar-refractivity contribution in [2.75, 3.05) is 33.3 Å². The minimum absolute atomic E-state index is 0.109. The maximum absolute atomic E-state index is 11.4. The molecule has 0 aliphatic carbocycles. The highest BCUT2D eigenvalue weighted by Crippen LogP contribution is 1.96. The van der Waals surface area contributed by atoms with Gasteiger partial charge in [0.15, 0.2) is 0 Å². The molecular formula is C12H26N2O2. The standard InChI is InChI=1S/C12H26N2O2/c1-3-4-8-13-12(16)11-14(2)9-6-5-7-10-15/h15H,3-11H2,1-2H3,(H,13,16). The first-order chi connectivity index (χ1) is 7.70. The molecule has 0 aliphatic heterocycles. The Morgan fingerprint density at radius 3 is 2.62 bits per heavy atom. The summed E-state index contributed by atoms with van der Waals surface area (Å²) >= 11 is 0. The number of carbonyl (C=O) groups is 1. The Morgan fingerprint density at radius 1 is 1.25 bits per heavy atom. The molecule has 4 heteroatoms. The van der Waals surface area contributed by atoms with Crippen molar-refractivity contribution >= 4 is 5.91 Å². The fraction of sp³-hybridized carbons (Fsp3) is 0.917. The van der Waals surface area contributed by atoms with Gasteiger partial charge in [-0.2, -0.15) is 0 Å². The molecule has 0 aliphatic rings. The average molecular weight is 230 g/mol. The van der Waals surface area contributed by atoms with E-state index in [2.05, 4.69) is 12.2 Å². The Kier molecular flexibility index (Phi) is 10.5. The van der Waals surface area contributed by atoms with Gasteiger partial charge in [0.2, 0.25) is 5.91 Å². The third-order valence-electron chi connectivity index (χ3n) is 2.46. The van der Waals surface area contributed by atoms with E-state index >= 15 is 0 Å². The number of aliphatic hydroxyl groups excluding tert-OH is 1. The Balaban J connectivity index is 3.39. The van der Waals surface area contributed by atoms with Crippen molar-refractivity contribution in [2.24, 2.45) is 0 Å². The van der Waals surface area contributed by atoms with Crippen LogP contribution in [0.2, 0.25) is 0 Å². The normalized spacial score (nSPS) is 10.8. The first-order valence-electron chi connectivity index (χ1n) is 6.26. The summed E-state index contributed by atoms with van der Waals surface area (Å²) in [5.74, 6) is 0.109. The summed E-state index contributed by atoms with van der Waals surface area (Å²) in [6, 6.07) is 0. The molecule has 0 radical (unpaired) electrons. The van der Waals surface area contributed by atoms with E-state index in [9.17, 15) is 4.79 Å². The Labute approximate surface area is 99.0 Å². The number of amides is 1. The van der Waals surface area contributed by atoms with Crippen molar-refractivity contribution < 1.29 is 9.90 Å². The van der Waals surface area contributed by atoms with Crippen LogP contribution < -0.4 is 5.32 Å². The van der Waals surface area contributed by atoms with Gasteiger partial charge < -0.3 is 10.4 Å². The van der Waals surface area contributed by atoms with Crippen LogP contribution in [-0.4, -0.2) is 49.2 Å². The second-order valence-corrected chi connectivity index (χ2v) is 4.23. The molecule has 0 spiro atoms. The summed E-state index contributed by atoms with van der Waals surface area (Å²) in [7, 11) is 1.96. The number of unbranched alkanes of at least 4 members (excludes halogenated alkanes) is 3. The van der Waals surface area contributed by atoms with Crippen molar-refractivity contribution in [3.63, 3.8) is 0 Å². The highest BCUT2D eigenvalue weighted by Gasteiger charge is 2.04. The van der Waals surface area contributed by atoms with E-state index in [1.165, 1.54) is 0 Å². The summed E-state index contributed by atoms with van der Waals surface area (Å²) in [4.78, 5) is 13.5. The zero-order valence-electron chi connectivity index (χ0n) is 10.7. The number of nitrogens with one attached hydrogen (secondary N) is 1. The minimum Gasteiger partial charge on any atom is -0.396 e. The molecular weight excluding hydrogens is 204 g/mol. The van der Waals surface area contributed by atoms with Crippen LogP contribution in [0.15, 0.2) is 0 Å². The fourth-order valence-corrected chi connectivity index (χ4v) is 1.45. The van der Waals surface area contributed by atoms with Gasteiger partial charge in [0.1, 0.15) is 0 Å². The molecule has 0 atom stereocenters. The third kappa shape index (κ3) is 9.93. The van der Waals surface area contributed by atoms with Crippen LogP contribution in [0.25, 0.3) is 0 Å². The average Bonchev–Trinajstić information content (AvgIpc) is 2.25. The van der Waals surface area contributed by atoms with Gasteiger partial charge >= 0.3 is 0 Å². The van der Waals surface area contributed by atoms with Crippen molar-refractivity contribution in [3.05, 3.63) is 0 Å². The topological polar surface area (TPSA) is 52.6 Å². The smallest absolute Gasteiger partial charge is 0.234 e. The molecule has 0 aromatic carbocycles. The molecule has 0 aromatic heterocycles. The number of aliphatic hydroxyl groups is 1. The van der Waals surface area contributed by atoms with Crippen LogP contribution in [0.1, 0.15) is 39.0 Å². The molecule has 0 rings (SSSR count). The minimum atomic E-state index is 0.109. The highest BCUT2D eigenvalue weighted by atomic mass is 16.2. The van der Waals surface area contributed by atoms with Gasteiger partial charge in [-0.25, -0.2) is 0 Å². The first-order valence-corrected chi connectivity index (χ1v) is 6.26. The van der Waals surface area contributed by atoms with Crippen LogP contribution in [0.3, 0.4) is 0 Å². The van der Waals surface area contributed by atoms with E-state index in [0.29, 0.717) is 6.54 Å². The molecule has 0 bridgehead atoms. The van der Waals surface area contributed by atoms with Crippen molar-refractivity contribution in [1.29, 1.82) is 0 Å². The lowest BCUT2D eigenvalue weighted by atomic mass is 10.2. The van der Waals surface area contributed by atoms with Gasteiger partial charge in [-0.3, -0.25) is 9.69 Å². The zero-order chi connectivity index (χ0) is 12.2. The van der Waals surface area contributed by atoms with Gasteiger partial charge in [-0.05, 0) is 39.3 Å². The van der Waals surface area contributed by atoms with Crippen LogP contribution in [0.5, 0.6) is 0 Å². The van der Waals surface area contributed by atoms with Crippen molar-refractivity contribution in [3.8, 4) is 0 Å². The molecule has 1 amide bonds. The first kappa shape index (κ1) is 15.4. The van der Waals surface area contributed by atoms with E-state index < -0.39 is 0 Å². The molecule has 2 N–H and O–H groups in total. The largest absolute Gasteiger partial charge is 0.396 e. The van der Waals surface area contributed by atoms with Gasteiger partial charge in [0, 0.05) is 13.2 Å². The number of nitrogens with zero attached hydrogens (tertiary/aromatic N) is 1. The summed E-state index contributed by atoms with van der Waals surface area (Å²) in [6.07, 6.45) is 5.08. The molecule has 0 aromatic rings. The van der Waals surface area contributed by atoms with Gasteiger partial charge in [0.25, 0.3) is 0 Å². The predicted octanol–water partition coefficient (Wildman–Crippen LogP) is 0.997. The monoisotopic (exact) mass is 230 g/mol. The maximum Gasteiger partial charge on any atom is 0.234 e. The van der Waals surface area contributed by atoms with Gasteiger partial charge in [-0.1, -0.05) is 13.3 Å². The molecule has 0 unspecified atom stereocenters. The third-order valence-corrected chi connectivity index (χ3v) is 2.46. The Hall–Kier alpha value is -0.610. The molecule has 0 heterocycles. The summed E-state index contributed by atoms with van der Waals surface area (Å²) < 4.78 is 0. The molecule has 0 saturated heterocycles. The van der Waals surface area contributed by atoms with Crippen LogP contribution in [-0.2, 0) is 4.79 Å². The molecule has 96 valence electrons. The molecule has 0 saturated carbocycles. The van der Waals surface area contributed by atoms with Crippen LogP contribution in [0, 0.1) is 0 Å². The lowest BCUT2D eigenvalue weighted by Crippen LogP contribution is -2.36. The highest BCUT2D eigenvalue weighted by molar-refractivity contribution is 5.77. The summed E-state index contributed by atoms with van der Waals surface area (Å²) in [5, 5.41) is 11.5. The number of likely N-dealkylation sites (N-methyl/N-ethyl adjacent to an activating group) is 1. The van der Waals surface area contributed by atoms with Gasteiger partial charge in [0.05, 0.1) is 6.54 Å². The van der Waals surface area contributed by atoms with Crippen molar-refractivity contribution in [2.45, 2.75) is 39.0 Å². The van der Waals surface area contributed by atoms with E-state index in [1.807, 2.05) is 11.9 Å². The van der Waals surface area contributed by atoms with E-state index in [4.69, 9.17) is 5.11 Å². The summed E-state index contributed by atoms with van der Waals surface area (Å²) in [5.41, 5.74) is 0. The Bertz CT molecular complexity index is 174. The lowest BCUT2D eigenvalue weighted by Gasteiger charge is -2.15. The fourth-order valence-electron chi connectivity index (χ4n) is 1.45. The zero-order valence-corrected chi connectivity index (χ0v) is 10.7. The van der Waals surface area contributed by atoms with E-state index in [0.717, 1.165) is 45.2 Å². The van der Waals surface area contributed by atoms with Gasteiger partial charge in [-0.15, -0.1) is 0 Å². The van der Waals surface area contributed by atoms with E-state index in [-0.39, 0.29) is 12.5 Å². The predicted molar refractivity (Wildman–Crippen MR) is 66.4 cm³/mol. The van der Waals surface area contributed by atoms with E-state index in [1.54, 1.807) is 0 Å². The van der Waals surface area contributed by atoms with Crippen LogP contribution in [0.4, 0.5) is 0 Å².